The first-order valence-corrected chi connectivity index (χ1v) is 7.10. The fourth-order valence-electron chi connectivity index (χ4n) is 1.75. The van der Waals surface area contributed by atoms with Gasteiger partial charge < -0.3 is 15.5 Å². The Hall–Kier alpha value is -1.36. The van der Waals surface area contributed by atoms with Gasteiger partial charge in [-0.05, 0) is 40.4 Å². The van der Waals surface area contributed by atoms with Gasteiger partial charge in [0, 0.05) is 19.2 Å². The summed E-state index contributed by atoms with van der Waals surface area (Å²) in [6.07, 6.45) is 3.45. The van der Waals surface area contributed by atoms with Crippen LogP contribution in [0.5, 0.6) is 0 Å². The normalized spacial score (nSPS) is 10.8. The maximum absolute atomic E-state index is 4.40. The number of hydrogen-bond donors (Lipinski definition) is 2. The van der Waals surface area contributed by atoms with Gasteiger partial charge in [0.1, 0.15) is 17.5 Å². The maximum Gasteiger partial charge on any atom is 0.131 e. The number of nitrogens with zero attached hydrogens (tertiary/aromatic N) is 3. The Labute approximate surface area is 116 Å². The highest BCUT2D eigenvalue weighted by Gasteiger charge is 2.01. The summed E-state index contributed by atoms with van der Waals surface area (Å²) >= 11 is 0. The van der Waals surface area contributed by atoms with Gasteiger partial charge in [-0.1, -0.05) is 13.3 Å². The van der Waals surface area contributed by atoms with Gasteiger partial charge in [0.15, 0.2) is 0 Å². The first kappa shape index (κ1) is 15.7. The standard InChI is InChI=1S/C14H27N5/c1-5-6-8-15-13-11-14(18-12(2)17-13)16-9-7-10-19(3)4/h11H,5-10H2,1-4H3,(H2,15,16,17,18). The zero-order chi connectivity index (χ0) is 14.1. The zero-order valence-corrected chi connectivity index (χ0v) is 12.7. The van der Waals surface area contributed by atoms with Crippen LogP contribution in [0.15, 0.2) is 6.07 Å². The van der Waals surface area contributed by atoms with E-state index in [1.807, 2.05) is 13.0 Å². The van der Waals surface area contributed by atoms with E-state index in [0.717, 1.165) is 49.9 Å². The van der Waals surface area contributed by atoms with Crippen LogP contribution in [0.2, 0.25) is 0 Å². The van der Waals surface area contributed by atoms with Crippen molar-refractivity contribution in [2.24, 2.45) is 0 Å². The molecule has 5 heteroatoms. The summed E-state index contributed by atoms with van der Waals surface area (Å²) in [5.41, 5.74) is 0. The minimum Gasteiger partial charge on any atom is -0.370 e. The average Bonchev–Trinajstić information content (AvgIpc) is 2.34. The molecule has 0 bridgehead atoms. The molecular formula is C14H27N5. The van der Waals surface area contributed by atoms with E-state index >= 15 is 0 Å². The number of aryl methyl sites for hydroxylation is 1. The van der Waals surface area contributed by atoms with E-state index in [2.05, 4.69) is 46.5 Å². The van der Waals surface area contributed by atoms with Gasteiger partial charge in [0.25, 0.3) is 0 Å². The highest BCUT2D eigenvalue weighted by molar-refractivity contribution is 5.47. The van der Waals surface area contributed by atoms with Crippen LogP contribution in [-0.4, -0.2) is 48.6 Å². The summed E-state index contributed by atoms with van der Waals surface area (Å²) in [7, 11) is 4.18. The van der Waals surface area contributed by atoms with Gasteiger partial charge in [0.2, 0.25) is 0 Å². The Kier molecular flexibility index (Phi) is 7.18. The van der Waals surface area contributed by atoms with Gasteiger partial charge in [-0.3, -0.25) is 0 Å². The minimum absolute atomic E-state index is 0.802. The third-order valence-corrected chi connectivity index (χ3v) is 2.76. The molecule has 0 radical (unpaired) electrons. The number of hydrogen-bond acceptors (Lipinski definition) is 5. The molecule has 2 N–H and O–H groups in total. The molecule has 0 unspecified atom stereocenters. The van der Waals surface area contributed by atoms with E-state index in [-0.39, 0.29) is 0 Å². The van der Waals surface area contributed by atoms with Crippen molar-refractivity contribution in [3.05, 3.63) is 11.9 Å². The summed E-state index contributed by atoms with van der Waals surface area (Å²) in [6, 6.07) is 1.98. The lowest BCUT2D eigenvalue weighted by Gasteiger charge is -2.12. The van der Waals surface area contributed by atoms with Crippen molar-refractivity contribution in [1.82, 2.24) is 14.9 Å². The molecule has 0 atom stereocenters. The molecule has 1 aromatic rings. The summed E-state index contributed by atoms with van der Waals surface area (Å²) in [4.78, 5) is 11.0. The van der Waals surface area contributed by atoms with Gasteiger partial charge in [-0.25, -0.2) is 9.97 Å². The Morgan fingerprint density at radius 1 is 1.05 bits per heavy atom. The molecule has 0 saturated carbocycles. The third-order valence-electron chi connectivity index (χ3n) is 2.76. The number of nitrogens with one attached hydrogen (secondary N) is 2. The molecule has 0 saturated heterocycles. The van der Waals surface area contributed by atoms with Crippen LogP contribution in [-0.2, 0) is 0 Å². The van der Waals surface area contributed by atoms with E-state index in [1.54, 1.807) is 0 Å². The lowest BCUT2D eigenvalue weighted by Crippen LogP contribution is -2.17. The quantitative estimate of drug-likeness (QED) is 0.671. The number of aromatic nitrogens is 2. The second kappa shape index (κ2) is 8.69. The van der Waals surface area contributed by atoms with Crippen molar-refractivity contribution in [3.63, 3.8) is 0 Å². The lowest BCUT2D eigenvalue weighted by atomic mass is 10.3. The van der Waals surface area contributed by atoms with E-state index in [9.17, 15) is 0 Å². The van der Waals surface area contributed by atoms with Crippen LogP contribution in [0.3, 0.4) is 0 Å². The highest BCUT2D eigenvalue weighted by atomic mass is 15.1. The molecule has 0 aliphatic heterocycles. The first-order valence-electron chi connectivity index (χ1n) is 7.10. The largest absolute Gasteiger partial charge is 0.370 e. The monoisotopic (exact) mass is 265 g/mol. The molecule has 5 nitrogen and oxygen atoms in total. The molecule has 1 heterocycles. The Bertz CT molecular complexity index is 365. The summed E-state index contributed by atoms with van der Waals surface area (Å²) in [6.45, 7) is 7.09. The van der Waals surface area contributed by atoms with Crippen molar-refractivity contribution in [2.75, 3.05) is 44.4 Å². The van der Waals surface area contributed by atoms with Crippen molar-refractivity contribution in [3.8, 4) is 0 Å². The summed E-state index contributed by atoms with van der Waals surface area (Å²) < 4.78 is 0. The fraction of sp³-hybridized carbons (Fsp3) is 0.714. The van der Waals surface area contributed by atoms with Crippen LogP contribution in [0.1, 0.15) is 32.0 Å². The molecule has 0 amide bonds. The van der Waals surface area contributed by atoms with Crippen molar-refractivity contribution >= 4 is 11.6 Å². The second-order valence-corrected chi connectivity index (χ2v) is 5.05. The van der Waals surface area contributed by atoms with Crippen LogP contribution in [0, 0.1) is 6.92 Å². The fourth-order valence-corrected chi connectivity index (χ4v) is 1.75. The van der Waals surface area contributed by atoms with Gasteiger partial charge >= 0.3 is 0 Å². The smallest absolute Gasteiger partial charge is 0.131 e. The van der Waals surface area contributed by atoms with E-state index < -0.39 is 0 Å². The molecule has 1 aromatic heterocycles. The molecule has 0 spiro atoms. The molecule has 0 aromatic carbocycles. The first-order chi connectivity index (χ1) is 9.11. The third kappa shape index (κ3) is 6.96. The second-order valence-electron chi connectivity index (χ2n) is 5.05. The number of anilines is 2. The highest BCUT2D eigenvalue weighted by Crippen LogP contribution is 2.11. The average molecular weight is 265 g/mol. The zero-order valence-electron chi connectivity index (χ0n) is 12.7. The Morgan fingerprint density at radius 2 is 1.63 bits per heavy atom. The van der Waals surface area contributed by atoms with Crippen molar-refractivity contribution in [2.45, 2.75) is 33.1 Å². The van der Waals surface area contributed by atoms with Gasteiger partial charge in [-0.2, -0.15) is 0 Å². The van der Waals surface area contributed by atoms with Crippen molar-refractivity contribution < 1.29 is 0 Å². The molecule has 0 aliphatic carbocycles. The van der Waals surface area contributed by atoms with E-state index in [0.29, 0.717) is 0 Å². The number of unbranched alkanes of at least 4 members (excludes halogenated alkanes) is 1. The predicted octanol–water partition coefficient (Wildman–Crippen LogP) is 2.36. The number of rotatable bonds is 9. The van der Waals surface area contributed by atoms with Crippen LogP contribution in [0.25, 0.3) is 0 Å². The van der Waals surface area contributed by atoms with Crippen LogP contribution in [0.4, 0.5) is 11.6 Å². The van der Waals surface area contributed by atoms with Gasteiger partial charge in [0.05, 0.1) is 0 Å². The molecule has 0 aliphatic rings. The van der Waals surface area contributed by atoms with Crippen LogP contribution < -0.4 is 10.6 Å². The summed E-state index contributed by atoms with van der Waals surface area (Å²) in [5.74, 6) is 2.62. The van der Waals surface area contributed by atoms with E-state index in [4.69, 9.17) is 0 Å². The topological polar surface area (TPSA) is 53.1 Å². The van der Waals surface area contributed by atoms with Crippen molar-refractivity contribution in [1.29, 1.82) is 0 Å². The minimum atomic E-state index is 0.802. The SMILES string of the molecule is CCCCNc1cc(NCCCN(C)C)nc(C)n1. The van der Waals surface area contributed by atoms with E-state index in [1.165, 1.54) is 6.42 Å². The molecule has 0 fully saturated rings. The molecule has 1 rings (SSSR count). The predicted molar refractivity (Wildman–Crippen MR) is 81.8 cm³/mol. The molecular weight excluding hydrogens is 238 g/mol. The Balaban J connectivity index is 2.44. The molecule has 19 heavy (non-hydrogen) atoms. The van der Waals surface area contributed by atoms with Gasteiger partial charge in [-0.15, -0.1) is 0 Å². The Morgan fingerprint density at radius 3 is 2.16 bits per heavy atom. The van der Waals surface area contributed by atoms with Crippen LogP contribution >= 0.6 is 0 Å². The summed E-state index contributed by atoms with van der Waals surface area (Å²) in [5, 5.41) is 6.69. The lowest BCUT2D eigenvalue weighted by molar-refractivity contribution is 0.405. The molecule has 108 valence electrons. The maximum atomic E-state index is 4.40.